The number of nitrogens with zero attached hydrogens (tertiary/aromatic N) is 3. The largest absolute Gasteiger partial charge is 0.378 e. The molecule has 3 rings (SSSR count). The van der Waals surface area contributed by atoms with Crippen LogP contribution in [0.5, 0.6) is 0 Å². The molecule has 2 aliphatic rings. The van der Waals surface area contributed by atoms with Crippen LogP contribution < -0.4 is 0 Å². The lowest BCUT2D eigenvalue weighted by atomic mass is 9.92. The molecule has 23 heavy (non-hydrogen) atoms. The molecule has 124 valence electrons. The van der Waals surface area contributed by atoms with Gasteiger partial charge in [-0.25, -0.2) is 4.39 Å². The molecule has 0 spiro atoms. The Morgan fingerprint density at radius 1 is 1.17 bits per heavy atom. The van der Waals surface area contributed by atoms with Gasteiger partial charge in [-0.15, -0.1) is 0 Å². The SMILES string of the molecule is O=C(c1ccccn1)N1CCCC(F)(C(=O)N2CCOCC2)C1. The minimum Gasteiger partial charge on any atom is -0.378 e. The number of likely N-dealkylation sites (tertiary alicyclic amines) is 1. The highest BCUT2D eigenvalue weighted by atomic mass is 19.1. The third kappa shape index (κ3) is 3.34. The standard InChI is InChI=1S/C16H20FN3O3/c17-16(15(22)19-8-10-23-11-9-19)5-3-7-20(12-16)14(21)13-4-1-2-6-18-13/h1-2,4,6H,3,5,7-12H2. The Bertz CT molecular complexity index is 577. The Morgan fingerprint density at radius 3 is 2.65 bits per heavy atom. The molecule has 1 aromatic heterocycles. The van der Waals surface area contributed by atoms with Crippen LogP contribution in [0.2, 0.25) is 0 Å². The van der Waals surface area contributed by atoms with Crippen molar-refractivity contribution in [1.29, 1.82) is 0 Å². The van der Waals surface area contributed by atoms with Crippen LogP contribution in [0.1, 0.15) is 23.3 Å². The summed E-state index contributed by atoms with van der Waals surface area (Å²) in [6, 6.07) is 5.03. The number of hydrogen-bond acceptors (Lipinski definition) is 4. The van der Waals surface area contributed by atoms with Gasteiger partial charge in [0.1, 0.15) is 5.69 Å². The summed E-state index contributed by atoms with van der Waals surface area (Å²) in [6.45, 7) is 1.89. The van der Waals surface area contributed by atoms with E-state index in [2.05, 4.69) is 4.98 Å². The van der Waals surface area contributed by atoms with Gasteiger partial charge in [-0.3, -0.25) is 14.6 Å². The number of pyridine rings is 1. The van der Waals surface area contributed by atoms with E-state index in [1.807, 2.05) is 0 Å². The van der Waals surface area contributed by atoms with Crippen LogP contribution in [-0.4, -0.2) is 71.7 Å². The lowest BCUT2D eigenvalue weighted by molar-refractivity contribution is -0.151. The number of alkyl halides is 1. The Kier molecular flexibility index (Phi) is 4.56. The average Bonchev–Trinajstić information content (AvgIpc) is 2.62. The first-order valence-electron chi connectivity index (χ1n) is 7.86. The predicted octanol–water partition coefficient (Wildman–Crippen LogP) is 0.885. The van der Waals surface area contributed by atoms with Crippen molar-refractivity contribution in [3.8, 4) is 0 Å². The summed E-state index contributed by atoms with van der Waals surface area (Å²) in [5, 5.41) is 0. The van der Waals surface area contributed by atoms with Crippen molar-refractivity contribution in [2.45, 2.75) is 18.5 Å². The average molecular weight is 321 g/mol. The van der Waals surface area contributed by atoms with Crippen molar-refractivity contribution in [3.05, 3.63) is 30.1 Å². The van der Waals surface area contributed by atoms with Gasteiger partial charge in [0.2, 0.25) is 5.67 Å². The highest BCUT2D eigenvalue weighted by Crippen LogP contribution is 2.28. The Morgan fingerprint density at radius 2 is 1.96 bits per heavy atom. The topological polar surface area (TPSA) is 62.7 Å². The summed E-state index contributed by atoms with van der Waals surface area (Å²) >= 11 is 0. The molecule has 1 aromatic rings. The Labute approximate surface area is 134 Å². The highest BCUT2D eigenvalue weighted by Gasteiger charge is 2.46. The number of amides is 2. The van der Waals surface area contributed by atoms with Crippen molar-refractivity contribution < 1.29 is 18.7 Å². The number of carbonyl (C=O) groups excluding carboxylic acids is 2. The number of piperidine rings is 1. The predicted molar refractivity (Wildman–Crippen MR) is 80.6 cm³/mol. The zero-order chi connectivity index (χ0) is 16.3. The summed E-state index contributed by atoms with van der Waals surface area (Å²) in [4.78, 5) is 31.9. The number of halogens is 1. The van der Waals surface area contributed by atoms with Gasteiger partial charge in [0, 0.05) is 25.8 Å². The third-order valence-electron chi connectivity index (χ3n) is 4.30. The third-order valence-corrected chi connectivity index (χ3v) is 4.30. The second kappa shape index (κ2) is 6.62. The highest BCUT2D eigenvalue weighted by molar-refractivity contribution is 5.93. The maximum atomic E-state index is 15.2. The molecule has 3 heterocycles. The van der Waals surface area contributed by atoms with Crippen LogP contribution in [0.25, 0.3) is 0 Å². The van der Waals surface area contributed by atoms with Crippen LogP contribution in [0, 0.1) is 0 Å². The fourth-order valence-electron chi connectivity index (χ4n) is 3.06. The van der Waals surface area contributed by atoms with E-state index in [0.29, 0.717) is 39.3 Å². The Balaban J connectivity index is 1.71. The molecule has 0 radical (unpaired) electrons. The molecule has 2 aliphatic heterocycles. The quantitative estimate of drug-likeness (QED) is 0.811. The first-order chi connectivity index (χ1) is 11.1. The number of carbonyl (C=O) groups is 2. The number of rotatable bonds is 2. The molecule has 0 N–H and O–H groups in total. The lowest BCUT2D eigenvalue weighted by Gasteiger charge is -2.39. The van der Waals surface area contributed by atoms with E-state index in [9.17, 15) is 9.59 Å². The van der Waals surface area contributed by atoms with Crippen LogP contribution >= 0.6 is 0 Å². The molecule has 7 heteroatoms. The molecule has 2 amide bonds. The molecular weight excluding hydrogens is 301 g/mol. The monoisotopic (exact) mass is 321 g/mol. The lowest BCUT2D eigenvalue weighted by Crippen LogP contribution is -2.58. The molecular formula is C16H20FN3O3. The summed E-state index contributed by atoms with van der Waals surface area (Å²) in [5.74, 6) is -0.860. The molecule has 0 bridgehead atoms. The minimum absolute atomic E-state index is 0.148. The van der Waals surface area contributed by atoms with E-state index in [4.69, 9.17) is 4.74 Å². The van der Waals surface area contributed by atoms with Gasteiger partial charge in [-0.2, -0.15) is 0 Å². The fourth-order valence-corrected chi connectivity index (χ4v) is 3.06. The van der Waals surface area contributed by atoms with Gasteiger partial charge in [0.05, 0.1) is 19.8 Å². The summed E-state index contributed by atoms with van der Waals surface area (Å²) < 4.78 is 20.4. The Hall–Kier alpha value is -2.02. The minimum atomic E-state index is -2.01. The first kappa shape index (κ1) is 15.9. The maximum absolute atomic E-state index is 15.2. The molecule has 2 saturated heterocycles. The number of aromatic nitrogens is 1. The van der Waals surface area contributed by atoms with Gasteiger partial charge < -0.3 is 14.5 Å². The fraction of sp³-hybridized carbons (Fsp3) is 0.562. The molecule has 1 atom stereocenters. The van der Waals surface area contributed by atoms with Crippen molar-refractivity contribution in [2.24, 2.45) is 0 Å². The van der Waals surface area contributed by atoms with Crippen LogP contribution in [-0.2, 0) is 9.53 Å². The van der Waals surface area contributed by atoms with Crippen LogP contribution in [0.15, 0.2) is 24.4 Å². The molecule has 1 unspecified atom stereocenters. The van der Waals surface area contributed by atoms with E-state index in [0.717, 1.165) is 0 Å². The van der Waals surface area contributed by atoms with E-state index in [-0.39, 0.29) is 24.6 Å². The first-order valence-corrected chi connectivity index (χ1v) is 7.86. The zero-order valence-corrected chi connectivity index (χ0v) is 12.9. The summed E-state index contributed by atoms with van der Waals surface area (Å²) in [7, 11) is 0. The van der Waals surface area contributed by atoms with Crippen LogP contribution in [0.4, 0.5) is 4.39 Å². The van der Waals surface area contributed by atoms with Crippen LogP contribution in [0.3, 0.4) is 0 Å². The van der Waals surface area contributed by atoms with E-state index >= 15 is 4.39 Å². The van der Waals surface area contributed by atoms with E-state index in [1.165, 1.54) is 16.0 Å². The molecule has 6 nitrogen and oxygen atoms in total. The molecule has 0 aliphatic carbocycles. The number of ether oxygens (including phenoxy) is 1. The molecule has 0 aromatic carbocycles. The molecule has 2 fully saturated rings. The maximum Gasteiger partial charge on any atom is 0.272 e. The van der Waals surface area contributed by atoms with Gasteiger partial charge >= 0.3 is 0 Å². The van der Waals surface area contributed by atoms with Crippen molar-refractivity contribution in [1.82, 2.24) is 14.8 Å². The van der Waals surface area contributed by atoms with Crippen molar-refractivity contribution in [2.75, 3.05) is 39.4 Å². The van der Waals surface area contributed by atoms with E-state index < -0.39 is 11.6 Å². The van der Waals surface area contributed by atoms with Crippen molar-refractivity contribution >= 4 is 11.8 Å². The number of morpholine rings is 1. The van der Waals surface area contributed by atoms with Gasteiger partial charge in [-0.1, -0.05) is 6.07 Å². The second-order valence-electron chi connectivity index (χ2n) is 5.92. The smallest absolute Gasteiger partial charge is 0.272 e. The molecule has 0 saturated carbocycles. The zero-order valence-electron chi connectivity index (χ0n) is 12.9. The van der Waals surface area contributed by atoms with Crippen molar-refractivity contribution in [3.63, 3.8) is 0 Å². The summed E-state index contributed by atoms with van der Waals surface area (Å²) in [5.41, 5.74) is -1.74. The normalized spacial score (nSPS) is 25.3. The number of hydrogen-bond donors (Lipinski definition) is 0. The summed E-state index contributed by atoms with van der Waals surface area (Å²) in [6.07, 6.45) is 2.14. The van der Waals surface area contributed by atoms with E-state index in [1.54, 1.807) is 18.2 Å². The van der Waals surface area contributed by atoms with Gasteiger partial charge in [0.25, 0.3) is 11.8 Å². The van der Waals surface area contributed by atoms with Gasteiger partial charge in [-0.05, 0) is 25.0 Å². The van der Waals surface area contributed by atoms with Gasteiger partial charge in [0.15, 0.2) is 0 Å². The second-order valence-corrected chi connectivity index (χ2v) is 5.92.